The first-order valence-corrected chi connectivity index (χ1v) is 11.2. The molecule has 8 nitrogen and oxygen atoms in total. The van der Waals surface area contributed by atoms with Crippen LogP contribution in [0.3, 0.4) is 0 Å². The number of nitrogens with one attached hydrogen (secondary N) is 1. The first-order chi connectivity index (χ1) is 13.3. The van der Waals surface area contributed by atoms with Crippen LogP contribution in [0, 0.1) is 13.8 Å². The number of nitrogens with zero attached hydrogens (tertiary/aromatic N) is 4. The van der Waals surface area contributed by atoms with Crippen LogP contribution in [0.15, 0.2) is 24.4 Å². The van der Waals surface area contributed by atoms with Gasteiger partial charge in [0.05, 0.1) is 11.4 Å². The summed E-state index contributed by atoms with van der Waals surface area (Å²) in [4.78, 5) is 16.4. The van der Waals surface area contributed by atoms with Crippen molar-refractivity contribution in [3.05, 3.63) is 41.3 Å². The molecule has 1 N–H and O–H groups in total. The van der Waals surface area contributed by atoms with Crippen LogP contribution in [0.5, 0.6) is 0 Å². The zero-order valence-electron chi connectivity index (χ0n) is 16.4. The average Bonchev–Trinajstić information content (AvgIpc) is 3.30. The number of rotatable bonds is 8. The van der Waals surface area contributed by atoms with E-state index in [1.165, 1.54) is 4.31 Å². The summed E-state index contributed by atoms with van der Waals surface area (Å²) in [5.41, 5.74) is 2.82. The quantitative estimate of drug-likeness (QED) is 0.721. The number of aromatic nitrogens is 3. The minimum absolute atomic E-state index is 0.0271. The number of amides is 1. The topological polar surface area (TPSA) is 97.2 Å². The van der Waals surface area contributed by atoms with Crippen molar-refractivity contribution in [3.63, 3.8) is 0 Å². The van der Waals surface area contributed by atoms with Crippen LogP contribution in [-0.4, -0.2) is 52.2 Å². The highest BCUT2D eigenvalue weighted by molar-refractivity contribution is 7.89. The van der Waals surface area contributed by atoms with Gasteiger partial charge in [-0.3, -0.25) is 4.79 Å². The highest BCUT2D eigenvalue weighted by Gasteiger charge is 2.24. The van der Waals surface area contributed by atoms with Crippen molar-refractivity contribution in [3.8, 4) is 5.82 Å². The van der Waals surface area contributed by atoms with Crippen LogP contribution in [-0.2, 0) is 21.4 Å². The molecule has 1 aliphatic heterocycles. The van der Waals surface area contributed by atoms with E-state index < -0.39 is 10.0 Å². The molecular weight excluding hydrogens is 378 g/mol. The Bertz CT molecular complexity index is 916. The maximum atomic E-state index is 12.1. The first-order valence-electron chi connectivity index (χ1n) is 9.58. The maximum Gasteiger partial charge on any atom is 0.220 e. The molecule has 0 atom stereocenters. The summed E-state index contributed by atoms with van der Waals surface area (Å²) in [5.74, 6) is 0.603. The van der Waals surface area contributed by atoms with Crippen molar-refractivity contribution in [2.45, 2.75) is 46.1 Å². The number of hydrogen-bond acceptors (Lipinski definition) is 5. The summed E-state index contributed by atoms with van der Waals surface area (Å²) < 4.78 is 27.6. The molecule has 0 aliphatic carbocycles. The van der Waals surface area contributed by atoms with Crippen LogP contribution < -0.4 is 5.32 Å². The fraction of sp³-hybridized carbons (Fsp3) is 0.526. The molecule has 152 valence electrons. The van der Waals surface area contributed by atoms with E-state index in [4.69, 9.17) is 0 Å². The van der Waals surface area contributed by atoms with Crippen molar-refractivity contribution >= 4 is 15.9 Å². The third-order valence-corrected chi connectivity index (χ3v) is 6.75. The van der Waals surface area contributed by atoms with Gasteiger partial charge in [0.25, 0.3) is 0 Å². The number of hydrogen-bond donors (Lipinski definition) is 1. The molecule has 0 radical (unpaired) electrons. The lowest BCUT2D eigenvalue weighted by Crippen LogP contribution is -2.31. The van der Waals surface area contributed by atoms with Gasteiger partial charge >= 0.3 is 0 Å². The largest absolute Gasteiger partial charge is 0.352 e. The minimum atomic E-state index is -3.22. The van der Waals surface area contributed by atoms with Gasteiger partial charge in [-0.1, -0.05) is 6.07 Å². The molecule has 0 aromatic carbocycles. The maximum absolute atomic E-state index is 12.1. The van der Waals surface area contributed by atoms with Crippen LogP contribution >= 0.6 is 0 Å². The fourth-order valence-electron chi connectivity index (χ4n) is 3.31. The Hall–Kier alpha value is -2.26. The molecule has 1 amide bonds. The van der Waals surface area contributed by atoms with E-state index in [9.17, 15) is 13.2 Å². The predicted octanol–water partition coefficient (Wildman–Crippen LogP) is 1.71. The third-order valence-electron chi connectivity index (χ3n) is 4.79. The van der Waals surface area contributed by atoms with Crippen LogP contribution in [0.2, 0.25) is 0 Å². The lowest BCUT2D eigenvalue weighted by Gasteiger charge is -2.15. The van der Waals surface area contributed by atoms with E-state index in [0.29, 0.717) is 26.1 Å². The van der Waals surface area contributed by atoms with E-state index in [0.717, 1.165) is 35.6 Å². The van der Waals surface area contributed by atoms with Crippen molar-refractivity contribution < 1.29 is 13.2 Å². The molecule has 3 heterocycles. The van der Waals surface area contributed by atoms with E-state index >= 15 is 0 Å². The summed E-state index contributed by atoms with van der Waals surface area (Å²) in [6.07, 6.45) is 4.09. The molecule has 0 unspecified atom stereocenters. The van der Waals surface area contributed by atoms with Gasteiger partial charge < -0.3 is 5.32 Å². The number of aryl methyl sites for hydroxylation is 2. The molecule has 9 heteroatoms. The van der Waals surface area contributed by atoms with Gasteiger partial charge in [0, 0.05) is 37.9 Å². The summed E-state index contributed by atoms with van der Waals surface area (Å²) in [6, 6.07) is 5.75. The first kappa shape index (κ1) is 20.5. The number of carbonyl (C=O) groups excluding carboxylic acids is 1. The van der Waals surface area contributed by atoms with Gasteiger partial charge in [-0.25, -0.2) is 22.4 Å². The Morgan fingerprint density at radius 3 is 2.57 bits per heavy atom. The summed E-state index contributed by atoms with van der Waals surface area (Å²) in [6.45, 7) is 5.48. The molecule has 1 saturated heterocycles. The lowest BCUT2D eigenvalue weighted by molar-refractivity contribution is -0.121. The second-order valence-corrected chi connectivity index (χ2v) is 9.25. The number of pyridine rings is 1. The van der Waals surface area contributed by atoms with Crippen LogP contribution in [0.4, 0.5) is 0 Å². The van der Waals surface area contributed by atoms with Gasteiger partial charge in [-0.05, 0) is 50.8 Å². The molecule has 2 aromatic rings. The Labute approximate surface area is 166 Å². The minimum Gasteiger partial charge on any atom is -0.352 e. The molecule has 0 spiro atoms. The Morgan fingerprint density at radius 1 is 1.21 bits per heavy atom. The molecular formula is C19H27N5O3S. The molecule has 3 rings (SSSR count). The van der Waals surface area contributed by atoms with Crippen LogP contribution in [0.25, 0.3) is 5.82 Å². The summed E-state index contributed by atoms with van der Waals surface area (Å²) >= 11 is 0. The zero-order valence-corrected chi connectivity index (χ0v) is 17.2. The fourth-order valence-corrected chi connectivity index (χ4v) is 4.89. The number of sulfonamides is 1. The van der Waals surface area contributed by atoms with Gasteiger partial charge in [0.15, 0.2) is 5.82 Å². The highest BCUT2D eigenvalue weighted by atomic mass is 32.2. The van der Waals surface area contributed by atoms with Gasteiger partial charge in [-0.2, -0.15) is 5.10 Å². The van der Waals surface area contributed by atoms with Gasteiger partial charge in [0.2, 0.25) is 15.9 Å². The average molecular weight is 406 g/mol. The Kier molecular flexibility index (Phi) is 6.46. The molecule has 1 aliphatic rings. The second-order valence-electron chi connectivity index (χ2n) is 7.17. The second kappa shape index (κ2) is 8.83. The van der Waals surface area contributed by atoms with Gasteiger partial charge in [0.1, 0.15) is 0 Å². The summed E-state index contributed by atoms with van der Waals surface area (Å²) in [7, 11) is -3.22. The lowest BCUT2D eigenvalue weighted by atomic mass is 10.2. The van der Waals surface area contributed by atoms with E-state index in [1.54, 1.807) is 10.9 Å². The van der Waals surface area contributed by atoms with E-state index in [-0.39, 0.29) is 18.1 Å². The van der Waals surface area contributed by atoms with E-state index in [1.807, 2.05) is 32.0 Å². The Morgan fingerprint density at radius 2 is 1.96 bits per heavy atom. The number of carbonyl (C=O) groups is 1. The highest BCUT2D eigenvalue weighted by Crippen LogP contribution is 2.14. The molecule has 2 aromatic heterocycles. The standard InChI is InChI=1S/C19H27N5O3S/c1-15-12-16(2)24(22-15)18-8-7-17(13-20-18)14-21-19(25)6-5-11-28(26,27)23-9-3-4-10-23/h7-8,12-13H,3-6,9-11,14H2,1-2H3,(H,21,25). The SMILES string of the molecule is Cc1cc(C)n(-c2ccc(CNC(=O)CCCS(=O)(=O)N3CCCC3)cn2)n1. The van der Waals surface area contributed by atoms with Crippen molar-refractivity contribution in [1.82, 2.24) is 24.4 Å². The van der Waals surface area contributed by atoms with Crippen molar-refractivity contribution in [1.29, 1.82) is 0 Å². The van der Waals surface area contributed by atoms with Crippen molar-refractivity contribution in [2.75, 3.05) is 18.8 Å². The zero-order chi connectivity index (χ0) is 20.1. The van der Waals surface area contributed by atoms with E-state index in [2.05, 4.69) is 15.4 Å². The van der Waals surface area contributed by atoms with Gasteiger partial charge in [-0.15, -0.1) is 0 Å². The van der Waals surface area contributed by atoms with Crippen molar-refractivity contribution in [2.24, 2.45) is 0 Å². The normalized spacial score (nSPS) is 15.1. The molecule has 0 bridgehead atoms. The molecule has 0 saturated carbocycles. The smallest absolute Gasteiger partial charge is 0.220 e. The monoisotopic (exact) mass is 405 g/mol. The molecule has 28 heavy (non-hydrogen) atoms. The third kappa shape index (κ3) is 5.17. The molecule has 1 fully saturated rings. The summed E-state index contributed by atoms with van der Waals surface area (Å²) in [5, 5.41) is 7.22. The van der Waals surface area contributed by atoms with Crippen LogP contribution in [0.1, 0.15) is 42.6 Å². The predicted molar refractivity (Wildman–Crippen MR) is 107 cm³/mol. The Balaban J connectivity index is 1.44.